The highest BCUT2D eigenvalue weighted by molar-refractivity contribution is 7.47. The average molecular weight is 1420 g/mol. The first-order valence-corrected chi connectivity index (χ1v) is 43.4. The van der Waals surface area contributed by atoms with Gasteiger partial charge in [-0.3, -0.25) is 37.3 Å². The Balaban J connectivity index is 5.28. The summed E-state index contributed by atoms with van der Waals surface area (Å²) in [6.07, 6.45) is 55.3. The van der Waals surface area contributed by atoms with Crippen molar-refractivity contribution in [3.05, 3.63) is 0 Å². The number of aliphatic hydroxyl groups excluding tert-OH is 1. The van der Waals surface area contributed by atoms with E-state index in [4.69, 9.17) is 37.0 Å². The smallest absolute Gasteiger partial charge is 0.462 e. The summed E-state index contributed by atoms with van der Waals surface area (Å²) in [5.41, 5.74) is 0. The fourth-order valence-corrected chi connectivity index (χ4v) is 13.5. The fourth-order valence-electron chi connectivity index (χ4n) is 11.9. The second-order valence-corrected chi connectivity index (χ2v) is 32.2. The number of esters is 4. The van der Waals surface area contributed by atoms with Crippen LogP contribution in [0.25, 0.3) is 0 Å². The molecule has 6 atom stereocenters. The van der Waals surface area contributed by atoms with Gasteiger partial charge in [-0.15, -0.1) is 0 Å². The van der Waals surface area contributed by atoms with Crippen molar-refractivity contribution in [3.63, 3.8) is 0 Å². The van der Waals surface area contributed by atoms with Gasteiger partial charge in [0.05, 0.1) is 26.4 Å². The van der Waals surface area contributed by atoms with Crippen molar-refractivity contribution in [3.8, 4) is 0 Å². The third kappa shape index (κ3) is 70.9. The maximum atomic E-state index is 13.1. The van der Waals surface area contributed by atoms with Gasteiger partial charge in [0.15, 0.2) is 12.2 Å². The van der Waals surface area contributed by atoms with E-state index < -0.39 is 97.5 Å². The van der Waals surface area contributed by atoms with Crippen LogP contribution in [0.15, 0.2) is 0 Å². The van der Waals surface area contributed by atoms with Gasteiger partial charge < -0.3 is 33.8 Å². The summed E-state index contributed by atoms with van der Waals surface area (Å²) in [6, 6.07) is 0. The molecular formula is C78H152O17P2. The van der Waals surface area contributed by atoms with Crippen LogP contribution in [0.4, 0.5) is 0 Å². The molecule has 3 unspecified atom stereocenters. The molecular weight excluding hydrogens is 1270 g/mol. The summed E-state index contributed by atoms with van der Waals surface area (Å²) in [4.78, 5) is 73.0. The number of carbonyl (C=O) groups excluding carboxylic acids is 4. The topological polar surface area (TPSA) is 237 Å². The van der Waals surface area contributed by atoms with E-state index in [1.165, 1.54) is 212 Å². The number of rotatable bonds is 76. The maximum Gasteiger partial charge on any atom is 0.472 e. The minimum Gasteiger partial charge on any atom is -0.462 e. The molecule has 0 aliphatic heterocycles. The number of ether oxygens (including phenoxy) is 4. The maximum absolute atomic E-state index is 13.1. The highest BCUT2D eigenvalue weighted by atomic mass is 31.2. The van der Waals surface area contributed by atoms with E-state index in [1.54, 1.807) is 0 Å². The Morgan fingerprint density at radius 2 is 0.526 bits per heavy atom. The zero-order valence-corrected chi connectivity index (χ0v) is 65.3. The summed E-state index contributed by atoms with van der Waals surface area (Å²) in [5, 5.41) is 10.6. The first kappa shape index (κ1) is 95.1. The van der Waals surface area contributed by atoms with E-state index in [0.29, 0.717) is 25.7 Å². The lowest BCUT2D eigenvalue weighted by Crippen LogP contribution is -2.30. The molecule has 0 aliphatic rings. The number of carbonyl (C=O) groups is 4. The van der Waals surface area contributed by atoms with E-state index in [1.807, 2.05) is 0 Å². The van der Waals surface area contributed by atoms with Gasteiger partial charge in [0.25, 0.3) is 0 Å². The average Bonchev–Trinajstić information content (AvgIpc) is 1.97. The van der Waals surface area contributed by atoms with Gasteiger partial charge in [-0.05, 0) is 43.4 Å². The first-order chi connectivity index (χ1) is 46.8. The van der Waals surface area contributed by atoms with Crippen LogP contribution in [0.1, 0.15) is 402 Å². The summed E-state index contributed by atoms with van der Waals surface area (Å²) in [6.45, 7) is 12.0. The number of unbranched alkanes of at least 4 members (excludes halogenated alkanes) is 43. The van der Waals surface area contributed by atoms with Crippen LogP contribution in [0, 0.1) is 17.8 Å². The molecule has 0 spiro atoms. The molecule has 0 aliphatic carbocycles. The molecule has 97 heavy (non-hydrogen) atoms. The Morgan fingerprint density at radius 1 is 0.299 bits per heavy atom. The van der Waals surface area contributed by atoms with E-state index >= 15 is 0 Å². The van der Waals surface area contributed by atoms with E-state index in [2.05, 4.69) is 48.5 Å². The van der Waals surface area contributed by atoms with Crippen LogP contribution in [0.3, 0.4) is 0 Å². The lowest BCUT2D eigenvalue weighted by molar-refractivity contribution is -0.161. The van der Waals surface area contributed by atoms with Crippen molar-refractivity contribution in [1.82, 2.24) is 0 Å². The van der Waals surface area contributed by atoms with Gasteiger partial charge in [-0.1, -0.05) is 350 Å². The van der Waals surface area contributed by atoms with Crippen molar-refractivity contribution in [2.24, 2.45) is 17.8 Å². The highest BCUT2D eigenvalue weighted by Crippen LogP contribution is 2.45. The number of phosphoric acid groups is 2. The van der Waals surface area contributed by atoms with Crippen molar-refractivity contribution >= 4 is 39.5 Å². The third-order valence-electron chi connectivity index (χ3n) is 18.5. The second-order valence-electron chi connectivity index (χ2n) is 29.3. The molecule has 0 saturated carbocycles. The van der Waals surface area contributed by atoms with Gasteiger partial charge in [-0.2, -0.15) is 0 Å². The van der Waals surface area contributed by atoms with Crippen molar-refractivity contribution in [2.45, 2.75) is 420 Å². The summed E-state index contributed by atoms with van der Waals surface area (Å²) >= 11 is 0. The highest BCUT2D eigenvalue weighted by Gasteiger charge is 2.30. The molecule has 0 bridgehead atoms. The minimum absolute atomic E-state index is 0.107. The molecule has 0 radical (unpaired) electrons. The van der Waals surface area contributed by atoms with E-state index in [0.717, 1.165) is 108 Å². The molecule has 0 amide bonds. The van der Waals surface area contributed by atoms with Crippen molar-refractivity contribution in [2.75, 3.05) is 39.6 Å². The molecule has 576 valence electrons. The summed E-state index contributed by atoms with van der Waals surface area (Å²) in [5.74, 6) is 0.233. The monoisotopic (exact) mass is 1420 g/mol. The molecule has 0 aromatic heterocycles. The Hall–Kier alpha value is -1.94. The minimum atomic E-state index is -4.96. The number of hydrogen-bond acceptors (Lipinski definition) is 15. The molecule has 0 heterocycles. The third-order valence-corrected chi connectivity index (χ3v) is 20.4. The van der Waals surface area contributed by atoms with Crippen LogP contribution in [0.5, 0.6) is 0 Å². The Labute approximate surface area is 594 Å². The predicted octanol–water partition coefficient (Wildman–Crippen LogP) is 23.0. The second kappa shape index (κ2) is 68.5. The number of aliphatic hydroxyl groups is 1. The standard InChI is InChI=1S/C78H152O17P2/c1-8-10-11-12-13-14-15-16-19-26-31-40-47-54-61-77(82)95-74(66-89-76(81)60-53-46-39-34-33-37-44-51-58-71(7)9-2)68-93-97(86,87)91-64-72(79)63-90-96(84,85)92-67-73(65-88-75(80)59-52-45-38-30-25-22-21-24-29-36-43-50-57-70(5)6)94-78(83)62-55-48-41-32-27-20-17-18-23-28-35-42-49-56-69(3)4/h69-74,79H,8-68H2,1-7H3,(H,84,85)(H,86,87)/t71?,72-,73-,74-/m1/s1. The van der Waals surface area contributed by atoms with Gasteiger partial charge in [0, 0.05) is 25.7 Å². The van der Waals surface area contributed by atoms with E-state index in [9.17, 15) is 43.2 Å². The Morgan fingerprint density at radius 3 is 0.784 bits per heavy atom. The summed E-state index contributed by atoms with van der Waals surface area (Å²) < 4.78 is 68.7. The molecule has 0 saturated heterocycles. The summed E-state index contributed by atoms with van der Waals surface area (Å²) in [7, 11) is -9.92. The zero-order valence-electron chi connectivity index (χ0n) is 63.5. The van der Waals surface area contributed by atoms with Crippen LogP contribution < -0.4 is 0 Å². The van der Waals surface area contributed by atoms with Crippen LogP contribution in [-0.2, 0) is 65.4 Å². The fraction of sp³-hybridized carbons (Fsp3) is 0.949. The molecule has 0 rings (SSSR count). The van der Waals surface area contributed by atoms with Crippen molar-refractivity contribution in [1.29, 1.82) is 0 Å². The Kier molecular flexibility index (Phi) is 67.1. The largest absolute Gasteiger partial charge is 0.472 e. The Bertz CT molecular complexity index is 1890. The zero-order chi connectivity index (χ0) is 71.6. The molecule has 19 heteroatoms. The SMILES string of the molecule is CCCCCCCCCCCCCCCCC(=O)O[C@H](COC(=O)CCCCCCCCCCC(C)CC)COP(=O)(O)OC[C@H](O)COP(=O)(O)OC[C@@H](COC(=O)CCCCCCCCCCCCCCC(C)C)OC(=O)CCCCCCCCCCCCCCCC(C)C. The lowest BCUT2D eigenvalue weighted by atomic mass is 9.99. The van der Waals surface area contributed by atoms with Crippen molar-refractivity contribution < 1.29 is 80.2 Å². The van der Waals surface area contributed by atoms with Gasteiger partial charge in [0.1, 0.15) is 19.3 Å². The quantitative estimate of drug-likeness (QED) is 0.0222. The van der Waals surface area contributed by atoms with Crippen LogP contribution in [0.2, 0.25) is 0 Å². The van der Waals surface area contributed by atoms with Crippen LogP contribution >= 0.6 is 15.6 Å². The molecule has 17 nitrogen and oxygen atoms in total. The molecule has 3 N–H and O–H groups in total. The van der Waals surface area contributed by atoms with Gasteiger partial charge >= 0.3 is 39.5 Å². The predicted molar refractivity (Wildman–Crippen MR) is 395 cm³/mol. The van der Waals surface area contributed by atoms with Crippen LogP contribution in [-0.4, -0.2) is 96.7 Å². The first-order valence-electron chi connectivity index (χ1n) is 40.4. The number of hydrogen-bond donors (Lipinski definition) is 3. The molecule has 0 fully saturated rings. The van der Waals surface area contributed by atoms with Gasteiger partial charge in [0.2, 0.25) is 0 Å². The van der Waals surface area contributed by atoms with E-state index in [-0.39, 0.29) is 25.7 Å². The molecule has 0 aromatic rings. The van der Waals surface area contributed by atoms with Gasteiger partial charge in [-0.25, -0.2) is 9.13 Å². The lowest BCUT2D eigenvalue weighted by Gasteiger charge is -2.21. The molecule has 0 aromatic carbocycles. The normalized spacial score (nSPS) is 14.3. The number of phosphoric ester groups is 2.